The van der Waals surface area contributed by atoms with Crippen LogP contribution in [0.15, 0.2) is 18.2 Å². The van der Waals surface area contributed by atoms with Crippen LogP contribution in [0.25, 0.3) is 0 Å². The number of hydrazine groups is 1. The van der Waals surface area contributed by atoms with Crippen LogP contribution < -0.4 is 11.3 Å². The van der Waals surface area contributed by atoms with Crippen molar-refractivity contribution in [2.24, 2.45) is 5.84 Å². The molecule has 4 nitrogen and oxygen atoms in total. The molecule has 5 heteroatoms. The van der Waals surface area contributed by atoms with Gasteiger partial charge in [0.2, 0.25) is 0 Å². The molecule has 1 aliphatic heterocycles. The number of benzene rings is 1. The molecular weight excluding hydrogens is 258 g/mol. The quantitative estimate of drug-likeness (QED) is 0.644. The summed E-state index contributed by atoms with van der Waals surface area (Å²) in [6.45, 7) is 7.94. The number of thioether (sulfide) groups is 1. The summed E-state index contributed by atoms with van der Waals surface area (Å²) in [6, 6.07) is 5.59. The number of nitrogens with one attached hydrogen (secondary N) is 1. The molecule has 0 saturated carbocycles. The van der Waals surface area contributed by atoms with E-state index in [1.165, 1.54) is 0 Å². The largest absolute Gasteiger partial charge is 0.336 e. The Labute approximate surface area is 118 Å². The lowest BCUT2D eigenvalue weighted by molar-refractivity contribution is 0.0752. The van der Waals surface area contributed by atoms with Crippen LogP contribution in [-0.2, 0) is 0 Å². The molecule has 0 aromatic heterocycles. The lowest BCUT2D eigenvalue weighted by Gasteiger charge is -2.35. The van der Waals surface area contributed by atoms with E-state index in [-0.39, 0.29) is 5.91 Å². The molecule has 1 fully saturated rings. The summed E-state index contributed by atoms with van der Waals surface area (Å²) in [5.74, 6) is 5.50. The number of carbonyl (C=O) groups excluding carboxylic acids is 1. The molecule has 2 atom stereocenters. The van der Waals surface area contributed by atoms with Gasteiger partial charge in [0.1, 0.15) is 0 Å². The molecule has 2 unspecified atom stereocenters. The number of amides is 1. The molecule has 0 aliphatic carbocycles. The van der Waals surface area contributed by atoms with Gasteiger partial charge in [-0.2, -0.15) is 11.8 Å². The normalized spacial score (nSPS) is 23.3. The predicted molar refractivity (Wildman–Crippen MR) is 81.4 cm³/mol. The monoisotopic (exact) mass is 279 g/mol. The first-order valence-corrected chi connectivity index (χ1v) is 7.47. The highest BCUT2D eigenvalue weighted by Crippen LogP contribution is 2.26. The fourth-order valence-electron chi connectivity index (χ4n) is 2.51. The van der Waals surface area contributed by atoms with E-state index in [9.17, 15) is 4.79 Å². The summed E-state index contributed by atoms with van der Waals surface area (Å²) in [5, 5.41) is 0.996. The van der Waals surface area contributed by atoms with Crippen molar-refractivity contribution < 1.29 is 4.79 Å². The van der Waals surface area contributed by atoms with E-state index in [1.54, 1.807) is 0 Å². The van der Waals surface area contributed by atoms with Crippen molar-refractivity contribution in [3.8, 4) is 0 Å². The topological polar surface area (TPSA) is 58.4 Å². The Morgan fingerprint density at radius 3 is 2.53 bits per heavy atom. The van der Waals surface area contributed by atoms with Crippen molar-refractivity contribution in [2.75, 3.05) is 18.5 Å². The van der Waals surface area contributed by atoms with E-state index in [1.807, 2.05) is 41.8 Å². The average molecular weight is 279 g/mol. The molecule has 1 aromatic carbocycles. The third kappa shape index (κ3) is 3.22. The molecule has 3 N–H and O–H groups in total. The number of carbonyl (C=O) groups is 1. The fourth-order valence-corrected chi connectivity index (χ4v) is 3.83. The molecule has 1 heterocycles. The molecule has 1 aliphatic rings. The minimum atomic E-state index is 0.125. The van der Waals surface area contributed by atoms with Gasteiger partial charge < -0.3 is 10.3 Å². The predicted octanol–water partition coefficient (Wildman–Crippen LogP) is 2.25. The summed E-state index contributed by atoms with van der Waals surface area (Å²) in [7, 11) is 0. The van der Waals surface area contributed by atoms with Crippen molar-refractivity contribution in [2.45, 2.75) is 31.3 Å². The van der Waals surface area contributed by atoms with Gasteiger partial charge in [0, 0.05) is 34.8 Å². The standard InChI is InChI=1S/C14H21N3OS/c1-9-6-12(16-15)4-5-13(9)14(18)17-7-10(2)19-11(3)8-17/h4-6,10-11,16H,7-8,15H2,1-3H3. The van der Waals surface area contributed by atoms with Crippen molar-refractivity contribution in [3.05, 3.63) is 29.3 Å². The Kier molecular flexibility index (Phi) is 4.37. The number of nitrogen functional groups attached to an aromatic ring is 1. The molecule has 104 valence electrons. The Balaban J connectivity index is 2.19. The van der Waals surface area contributed by atoms with E-state index in [0.717, 1.165) is 29.9 Å². The van der Waals surface area contributed by atoms with Gasteiger partial charge in [-0.05, 0) is 30.7 Å². The van der Waals surface area contributed by atoms with Gasteiger partial charge in [-0.15, -0.1) is 0 Å². The number of rotatable bonds is 2. The van der Waals surface area contributed by atoms with E-state index in [4.69, 9.17) is 5.84 Å². The van der Waals surface area contributed by atoms with E-state index in [2.05, 4.69) is 19.3 Å². The first-order valence-electron chi connectivity index (χ1n) is 6.53. The highest BCUT2D eigenvalue weighted by atomic mass is 32.2. The van der Waals surface area contributed by atoms with Crippen molar-refractivity contribution in [1.82, 2.24) is 4.90 Å². The van der Waals surface area contributed by atoms with Gasteiger partial charge in [0.25, 0.3) is 5.91 Å². The van der Waals surface area contributed by atoms with Crippen molar-refractivity contribution in [1.29, 1.82) is 0 Å². The first kappa shape index (κ1) is 14.2. The van der Waals surface area contributed by atoms with Gasteiger partial charge in [0.05, 0.1) is 0 Å². The smallest absolute Gasteiger partial charge is 0.254 e. The minimum Gasteiger partial charge on any atom is -0.336 e. The van der Waals surface area contributed by atoms with Crippen LogP contribution in [0.2, 0.25) is 0 Å². The molecule has 1 saturated heterocycles. The number of anilines is 1. The Hall–Kier alpha value is -1.20. The van der Waals surface area contributed by atoms with Gasteiger partial charge >= 0.3 is 0 Å². The van der Waals surface area contributed by atoms with Gasteiger partial charge in [-0.3, -0.25) is 10.6 Å². The molecule has 0 spiro atoms. The maximum absolute atomic E-state index is 12.6. The Bertz CT molecular complexity index is 468. The second-order valence-electron chi connectivity index (χ2n) is 5.14. The summed E-state index contributed by atoms with van der Waals surface area (Å²) >= 11 is 1.95. The summed E-state index contributed by atoms with van der Waals surface area (Å²) < 4.78 is 0. The van der Waals surface area contributed by atoms with Gasteiger partial charge in [-0.1, -0.05) is 13.8 Å². The van der Waals surface area contributed by atoms with Crippen LogP contribution in [0.1, 0.15) is 29.8 Å². The molecular formula is C14H21N3OS. The molecule has 2 rings (SSSR count). The minimum absolute atomic E-state index is 0.125. The van der Waals surface area contributed by atoms with Gasteiger partial charge in [-0.25, -0.2) is 0 Å². The average Bonchev–Trinajstić information content (AvgIpc) is 2.36. The maximum Gasteiger partial charge on any atom is 0.254 e. The van der Waals surface area contributed by atoms with Crippen LogP contribution in [0.3, 0.4) is 0 Å². The number of nitrogens with zero attached hydrogens (tertiary/aromatic N) is 1. The summed E-state index contributed by atoms with van der Waals surface area (Å²) in [6.07, 6.45) is 0. The van der Waals surface area contributed by atoms with Crippen LogP contribution in [-0.4, -0.2) is 34.4 Å². The van der Waals surface area contributed by atoms with E-state index < -0.39 is 0 Å². The summed E-state index contributed by atoms with van der Waals surface area (Å²) in [5.41, 5.74) is 5.15. The number of aryl methyl sites for hydroxylation is 1. The van der Waals surface area contributed by atoms with Crippen LogP contribution in [0, 0.1) is 6.92 Å². The fraction of sp³-hybridized carbons (Fsp3) is 0.500. The van der Waals surface area contributed by atoms with Crippen molar-refractivity contribution in [3.63, 3.8) is 0 Å². The molecule has 0 radical (unpaired) electrons. The Morgan fingerprint density at radius 1 is 1.37 bits per heavy atom. The number of hydrogen-bond donors (Lipinski definition) is 2. The zero-order valence-corrected chi connectivity index (χ0v) is 12.5. The van der Waals surface area contributed by atoms with Crippen LogP contribution in [0.5, 0.6) is 0 Å². The third-order valence-corrected chi connectivity index (χ3v) is 4.56. The molecule has 1 amide bonds. The van der Waals surface area contributed by atoms with E-state index in [0.29, 0.717) is 10.5 Å². The van der Waals surface area contributed by atoms with Crippen LogP contribution in [0.4, 0.5) is 5.69 Å². The number of hydrogen-bond acceptors (Lipinski definition) is 4. The zero-order valence-electron chi connectivity index (χ0n) is 11.6. The second-order valence-corrected chi connectivity index (χ2v) is 7.02. The molecule has 0 bridgehead atoms. The lowest BCUT2D eigenvalue weighted by atomic mass is 10.1. The highest BCUT2D eigenvalue weighted by Gasteiger charge is 2.27. The SMILES string of the molecule is Cc1cc(NN)ccc1C(=O)N1CC(C)SC(C)C1. The van der Waals surface area contributed by atoms with Gasteiger partial charge in [0.15, 0.2) is 0 Å². The Morgan fingerprint density at radius 2 is 2.00 bits per heavy atom. The van der Waals surface area contributed by atoms with Crippen LogP contribution >= 0.6 is 11.8 Å². The lowest BCUT2D eigenvalue weighted by Crippen LogP contribution is -2.44. The molecule has 19 heavy (non-hydrogen) atoms. The van der Waals surface area contributed by atoms with Crippen molar-refractivity contribution >= 4 is 23.4 Å². The number of nitrogens with two attached hydrogens (primary N) is 1. The summed E-state index contributed by atoms with van der Waals surface area (Å²) in [4.78, 5) is 14.5. The highest BCUT2D eigenvalue weighted by molar-refractivity contribution is 8.00. The molecule has 1 aromatic rings. The maximum atomic E-state index is 12.6. The van der Waals surface area contributed by atoms with E-state index >= 15 is 0 Å². The zero-order chi connectivity index (χ0) is 14.0. The third-order valence-electron chi connectivity index (χ3n) is 3.33. The second kappa shape index (κ2) is 5.84. The first-order chi connectivity index (χ1) is 9.01.